The van der Waals surface area contributed by atoms with E-state index in [0.717, 1.165) is 5.69 Å². The van der Waals surface area contributed by atoms with E-state index >= 15 is 0 Å². The minimum atomic E-state index is -0.00148. The van der Waals surface area contributed by atoms with Gasteiger partial charge in [0.1, 0.15) is 0 Å². The van der Waals surface area contributed by atoms with Crippen LogP contribution in [0.3, 0.4) is 0 Å². The molecule has 0 spiro atoms. The van der Waals surface area contributed by atoms with Gasteiger partial charge >= 0.3 is 0 Å². The van der Waals surface area contributed by atoms with Gasteiger partial charge in [-0.3, -0.25) is 4.79 Å². The summed E-state index contributed by atoms with van der Waals surface area (Å²) in [7, 11) is 0. The van der Waals surface area contributed by atoms with Crippen LogP contribution in [0.2, 0.25) is 0 Å². The first kappa shape index (κ1) is 13.1. The molecule has 2 aromatic rings. The number of anilines is 1. The molecule has 0 amide bonds. The number of nitrogens with one attached hydrogen (secondary N) is 1. The third-order valence-corrected chi connectivity index (χ3v) is 3.14. The second-order valence-electron chi connectivity index (χ2n) is 4.46. The normalized spacial score (nSPS) is 10.6. The molecule has 0 heterocycles. The second-order valence-corrected chi connectivity index (χ2v) is 4.46. The van der Waals surface area contributed by atoms with Gasteiger partial charge in [0.05, 0.1) is 0 Å². The van der Waals surface area contributed by atoms with Crippen molar-refractivity contribution in [1.29, 1.82) is 0 Å². The minimum absolute atomic E-state index is 0.00148. The van der Waals surface area contributed by atoms with Crippen molar-refractivity contribution in [2.45, 2.75) is 13.8 Å². The molecule has 0 aliphatic rings. The smallest absolute Gasteiger partial charge is 0.187 e. The molecule has 1 N–H and O–H groups in total. The molecule has 2 heteroatoms. The maximum atomic E-state index is 11.9. The Morgan fingerprint density at radius 1 is 1.00 bits per heavy atom. The summed E-state index contributed by atoms with van der Waals surface area (Å²) in [6, 6.07) is 15.3. The van der Waals surface area contributed by atoms with Crippen LogP contribution in [-0.4, -0.2) is 5.78 Å². The average Bonchev–Trinajstić information content (AvgIpc) is 2.44. The summed E-state index contributed by atoms with van der Waals surface area (Å²) in [5, 5.41) is 3.15. The Morgan fingerprint density at radius 2 is 1.74 bits per heavy atom. The van der Waals surface area contributed by atoms with Crippen LogP contribution in [0.4, 0.5) is 5.69 Å². The molecule has 19 heavy (non-hydrogen) atoms. The Bertz CT molecular complexity index is 600. The maximum absolute atomic E-state index is 11.9. The van der Waals surface area contributed by atoms with E-state index < -0.39 is 0 Å². The molecule has 2 nitrogen and oxygen atoms in total. The highest BCUT2D eigenvalue weighted by Gasteiger charge is 2.00. The van der Waals surface area contributed by atoms with E-state index in [1.807, 2.05) is 42.5 Å². The van der Waals surface area contributed by atoms with Crippen molar-refractivity contribution in [2.24, 2.45) is 0 Å². The molecule has 0 saturated carbocycles. The third-order valence-electron chi connectivity index (χ3n) is 3.14. The van der Waals surface area contributed by atoms with Crippen molar-refractivity contribution < 1.29 is 4.79 Å². The zero-order chi connectivity index (χ0) is 13.7. The first-order valence-electron chi connectivity index (χ1n) is 6.27. The fourth-order valence-corrected chi connectivity index (χ4v) is 1.81. The van der Waals surface area contributed by atoms with Gasteiger partial charge in [-0.2, -0.15) is 0 Å². The standard InChI is InChI=1S/C17H17NO/c1-13-7-6-10-16(14(13)2)18-12-11-17(19)15-8-4-3-5-9-15/h3-12,18H,1-2H3/b12-11+. The average molecular weight is 251 g/mol. The van der Waals surface area contributed by atoms with Gasteiger partial charge in [-0.05, 0) is 31.0 Å². The predicted molar refractivity (Wildman–Crippen MR) is 79.5 cm³/mol. The van der Waals surface area contributed by atoms with E-state index in [2.05, 4.69) is 25.2 Å². The second kappa shape index (κ2) is 6.01. The maximum Gasteiger partial charge on any atom is 0.187 e. The molecule has 0 bridgehead atoms. The lowest BCUT2D eigenvalue weighted by atomic mass is 10.1. The Labute approximate surface area is 113 Å². The molecule has 2 rings (SSSR count). The predicted octanol–water partition coefficient (Wildman–Crippen LogP) is 4.11. The molecular formula is C17H17NO. The summed E-state index contributed by atoms with van der Waals surface area (Å²) in [6.45, 7) is 4.13. The van der Waals surface area contributed by atoms with Crippen LogP contribution < -0.4 is 5.32 Å². The third kappa shape index (κ3) is 3.32. The van der Waals surface area contributed by atoms with Gasteiger partial charge in [-0.25, -0.2) is 0 Å². The fourth-order valence-electron chi connectivity index (χ4n) is 1.81. The quantitative estimate of drug-likeness (QED) is 0.654. The lowest BCUT2D eigenvalue weighted by Crippen LogP contribution is -1.97. The Morgan fingerprint density at radius 3 is 2.47 bits per heavy atom. The molecule has 2 aromatic carbocycles. The fraction of sp³-hybridized carbons (Fsp3) is 0.118. The van der Waals surface area contributed by atoms with Crippen molar-refractivity contribution in [3.8, 4) is 0 Å². The van der Waals surface area contributed by atoms with Gasteiger partial charge in [0, 0.05) is 23.5 Å². The van der Waals surface area contributed by atoms with Crippen LogP contribution >= 0.6 is 0 Å². The molecule has 0 aliphatic carbocycles. The van der Waals surface area contributed by atoms with Crippen LogP contribution in [0.15, 0.2) is 60.8 Å². The zero-order valence-electron chi connectivity index (χ0n) is 11.2. The minimum Gasteiger partial charge on any atom is -0.361 e. The number of aryl methyl sites for hydroxylation is 1. The van der Waals surface area contributed by atoms with Gasteiger partial charge in [-0.1, -0.05) is 42.5 Å². The summed E-state index contributed by atoms with van der Waals surface area (Å²) in [5.74, 6) is -0.00148. The van der Waals surface area contributed by atoms with E-state index in [0.29, 0.717) is 5.56 Å². The molecule has 0 radical (unpaired) electrons. The summed E-state index contributed by atoms with van der Waals surface area (Å²) < 4.78 is 0. The number of benzene rings is 2. The highest BCUT2D eigenvalue weighted by atomic mass is 16.1. The zero-order valence-corrected chi connectivity index (χ0v) is 11.2. The number of rotatable bonds is 4. The molecule has 0 fully saturated rings. The first-order chi connectivity index (χ1) is 9.18. The van der Waals surface area contributed by atoms with Crippen LogP contribution in [0.1, 0.15) is 21.5 Å². The highest BCUT2D eigenvalue weighted by Crippen LogP contribution is 2.17. The molecule has 0 aliphatic heterocycles. The van der Waals surface area contributed by atoms with Gasteiger partial charge in [0.25, 0.3) is 0 Å². The van der Waals surface area contributed by atoms with Crippen molar-refractivity contribution in [2.75, 3.05) is 5.32 Å². The van der Waals surface area contributed by atoms with Crippen molar-refractivity contribution >= 4 is 11.5 Å². The summed E-state index contributed by atoms with van der Waals surface area (Å²) in [6.07, 6.45) is 3.24. The molecular weight excluding hydrogens is 234 g/mol. The number of carbonyl (C=O) groups is 1. The van der Waals surface area contributed by atoms with Crippen molar-refractivity contribution in [3.05, 3.63) is 77.5 Å². The summed E-state index contributed by atoms with van der Waals surface area (Å²) in [4.78, 5) is 11.9. The summed E-state index contributed by atoms with van der Waals surface area (Å²) in [5.41, 5.74) is 4.14. The largest absolute Gasteiger partial charge is 0.361 e. The van der Waals surface area contributed by atoms with E-state index in [4.69, 9.17) is 0 Å². The molecule has 0 unspecified atom stereocenters. The number of ketones is 1. The topological polar surface area (TPSA) is 29.1 Å². The van der Waals surface area contributed by atoms with Crippen LogP contribution in [0, 0.1) is 13.8 Å². The Hall–Kier alpha value is -2.35. The van der Waals surface area contributed by atoms with Gasteiger partial charge < -0.3 is 5.32 Å². The highest BCUT2D eigenvalue weighted by molar-refractivity contribution is 6.04. The SMILES string of the molecule is Cc1cccc(N/C=C/C(=O)c2ccccc2)c1C. The van der Waals surface area contributed by atoms with E-state index in [9.17, 15) is 4.79 Å². The lowest BCUT2D eigenvalue weighted by Gasteiger charge is -2.07. The van der Waals surface area contributed by atoms with E-state index in [1.165, 1.54) is 11.1 Å². The van der Waals surface area contributed by atoms with E-state index in [-0.39, 0.29) is 5.78 Å². The van der Waals surface area contributed by atoms with Gasteiger partial charge in [0.15, 0.2) is 5.78 Å². The van der Waals surface area contributed by atoms with Crippen LogP contribution in [0.5, 0.6) is 0 Å². The number of hydrogen-bond acceptors (Lipinski definition) is 2. The number of allylic oxidation sites excluding steroid dienone is 1. The van der Waals surface area contributed by atoms with Gasteiger partial charge in [0.2, 0.25) is 0 Å². The van der Waals surface area contributed by atoms with Crippen molar-refractivity contribution in [1.82, 2.24) is 0 Å². The molecule has 0 atom stereocenters. The molecule has 96 valence electrons. The van der Waals surface area contributed by atoms with Crippen LogP contribution in [-0.2, 0) is 0 Å². The summed E-state index contributed by atoms with van der Waals surface area (Å²) >= 11 is 0. The van der Waals surface area contributed by atoms with Crippen LogP contribution in [0.25, 0.3) is 0 Å². The van der Waals surface area contributed by atoms with E-state index in [1.54, 1.807) is 12.3 Å². The molecule has 0 saturated heterocycles. The monoisotopic (exact) mass is 251 g/mol. The Balaban J connectivity index is 2.05. The first-order valence-corrected chi connectivity index (χ1v) is 6.27. The number of hydrogen-bond donors (Lipinski definition) is 1. The molecule has 0 aromatic heterocycles. The Kier molecular flexibility index (Phi) is 4.14. The number of carbonyl (C=O) groups excluding carboxylic acids is 1. The lowest BCUT2D eigenvalue weighted by molar-refractivity contribution is 0.104. The van der Waals surface area contributed by atoms with Crippen molar-refractivity contribution in [3.63, 3.8) is 0 Å². The van der Waals surface area contributed by atoms with Gasteiger partial charge in [-0.15, -0.1) is 0 Å².